The molecule has 3 rings (SSSR count). The molecule has 1 atom stereocenters. The molecule has 1 aliphatic heterocycles. The van der Waals surface area contributed by atoms with Gasteiger partial charge >= 0.3 is 6.18 Å². The highest BCUT2D eigenvalue weighted by molar-refractivity contribution is 6.03. The molecule has 0 bridgehead atoms. The van der Waals surface area contributed by atoms with Crippen molar-refractivity contribution in [3.8, 4) is 0 Å². The Morgan fingerprint density at radius 1 is 1.08 bits per heavy atom. The van der Waals surface area contributed by atoms with E-state index >= 15 is 0 Å². The summed E-state index contributed by atoms with van der Waals surface area (Å²) in [6.07, 6.45) is -4.55. The molecule has 2 amide bonds. The Bertz CT molecular complexity index is 834. The van der Waals surface area contributed by atoms with Gasteiger partial charge in [-0.15, -0.1) is 0 Å². The first kappa shape index (κ1) is 17.9. The number of benzene rings is 2. The zero-order chi connectivity index (χ0) is 18.9. The van der Waals surface area contributed by atoms with Crippen LogP contribution in [-0.4, -0.2) is 18.4 Å². The maximum absolute atomic E-state index is 13.8. The van der Waals surface area contributed by atoms with E-state index in [9.17, 15) is 27.2 Å². The maximum atomic E-state index is 13.8. The molecule has 1 unspecified atom stereocenters. The average Bonchev–Trinajstić information content (AvgIpc) is 2.97. The van der Waals surface area contributed by atoms with E-state index < -0.39 is 29.4 Å². The molecule has 0 aromatic heterocycles. The van der Waals surface area contributed by atoms with Crippen LogP contribution in [0.1, 0.15) is 12.0 Å². The fourth-order valence-corrected chi connectivity index (χ4v) is 2.77. The monoisotopic (exact) mass is 366 g/mol. The van der Waals surface area contributed by atoms with Crippen molar-refractivity contribution in [1.82, 2.24) is 0 Å². The van der Waals surface area contributed by atoms with Crippen molar-refractivity contribution >= 4 is 23.2 Å². The number of hydrogen-bond donors (Lipinski definition) is 1. The lowest BCUT2D eigenvalue weighted by Gasteiger charge is -2.17. The second-order valence-corrected chi connectivity index (χ2v) is 5.92. The van der Waals surface area contributed by atoms with Gasteiger partial charge in [-0.05, 0) is 36.4 Å². The molecule has 0 saturated carbocycles. The number of halogens is 4. The van der Waals surface area contributed by atoms with Crippen molar-refractivity contribution in [1.29, 1.82) is 0 Å². The SMILES string of the molecule is O=C(Nc1ccc(C(F)(F)F)cc1)C1CC(=O)N(c2ccccc2F)C1. The highest BCUT2D eigenvalue weighted by Gasteiger charge is 2.36. The van der Waals surface area contributed by atoms with Gasteiger partial charge in [0.15, 0.2) is 0 Å². The zero-order valence-corrected chi connectivity index (χ0v) is 13.4. The summed E-state index contributed by atoms with van der Waals surface area (Å²) in [5.41, 5.74) is -0.528. The molecule has 4 nitrogen and oxygen atoms in total. The lowest BCUT2D eigenvalue weighted by Crippen LogP contribution is -2.28. The number of rotatable bonds is 3. The molecule has 0 radical (unpaired) electrons. The van der Waals surface area contributed by atoms with Gasteiger partial charge in [0.25, 0.3) is 0 Å². The summed E-state index contributed by atoms with van der Waals surface area (Å²) in [6, 6.07) is 9.76. The molecule has 2 aromatic rings. The zero-order valence-electron chi connectivity index (χ0n) is 13.4. The molecule has 1 fully saturated rings. The van der Waals surface area contributed by atoms with Crippen LogP contribution in [0.25, 0.3) is 0 Å². The van der Waals surface area contributed by atoms with Gasteiger partial charge in [0.2, 0.25) is 11.8 Å². The van der Waals surface area contributed by atoms with Gasteiger partial charge in [-0.2, -0.15) is 13.2 Å². The number of alkyl halides is 3. The third kappa shape index (κ3) is 3.68. The fourth-order valence-electron chi connectivity index (χ4n) is 2.77. The lowest BCUT2D eigenvalue weighted by atomic mass is 10.1. The number of nitrogens with zero attached hydrogens (tertiary/aromatic N) is 1. The van der Waals surface area contributed by atoms with Crippen molar-refractivity contribution in [3.63, 3.8) is 0 Å². The predicted molar refractivity (Wildman–Crippen MR) is 86.9 cm³/mol. The van der Waals surface area contributed by atoms with Gasteiger partial charge in [-0.25, -0.2) is 4.39 Å². The Morgan fingerprint density at radius 2 is 1.73 bits per heavy atom. The number of hydrogen-bond acceptors (Lipinski definition) is 2. The van der Waals surface area contributed by atoms with Crippen LogP contribution in [0.5, 0.6) is 0 Å². The minimum absolute atomic E-state index is 0.00619. The number of carbonyl (C=O) groups is 2. The molecular weight excluding hydrogens is 352 g/mol. The summed E-state index contributed by atoms with van der Waals surface area (Å²) in [7, 11) is 0. The number of para-hydroxylation sites is 1. The van der Waals surface area contributed by atoms with Gasteiger partial charge in [-0.3, -0.25) is 9.59 Å². The molecule has 0 aliphatic carbocycles. The minimum Gasteiger partial charge on any atom is -0.326 e. The van der Waals surface area contributed by atoms with E-state index in [0.29, 0.717) is 0 Å². The molecule has 1 N–H and O–H groups in total. The first-order valence-corrected chi connectivity index (χ1v) is 7.79. The first-order chi connectivity index (χ1) is 12.3. The summed E-state index contributed by atoms with van der Waals surface area (Å²) >= 11 is 0. The maximum Gasteiger partial charge on any atom is 0.416 e. The molecule has 136 valence electrons. The molecule has 8 heteroatoms. The van der Waals surface area contributed by atoms with Gasteiger partial charge in [0, 0.05) is 18.7 Å². The van der Waals surface area contributed by atoms with Crippen LogP contribution >= 0.6 is 0 Å². The van der Waals surface area contributed by atoms with E-state index in [2.05, 4.69) is 5.32 Å². The van der Waals surface area contributed by atoms with Crippen molar-refractivity contribution in [3.05, 3.63) is 59.9 Å². The molecule has 1 heterocycles. The molecule has 1 saturated heterocycles. The van der Waals surface area contributed by atoms with Gasteiger partial charge < -0.3 is 10.2 Å². The topological polar surface area (TPSA) is 49.4 Å². The second kappa shape index (κ2) is 6.78. The van der Waals surface area contributed by atoms with Crippen LogP contribution in [0.2, 0.25) is 0 Å². The summed E-state index contributed by atoms with van der Waals surface area (Å²) in [5, 5.41) is 2.49. The highest BCUT2D eigenvalue weighted by Crippen LogP contribution is 2.31. The van der Waals surface area contributed by atoms with Crippen LogP contribution in [0, 0.1) is 11.7 Å². The van der Waals surface area contributed by atoms with Crippen molar-refractivity contribution in [2.75, 3.05) is 16.8 Å². The van der Waals surface area contributed by atoms with Gasteiger partial charge in [-0.1, -0.05) is 12.1 Å². The second-order valence-electron chi connectivity index (χ2n) is 5.92. The summed E-state index contributed by atoms with van der Waals surface area (Å²) < 4.78 is 51.5. The highest BCUT2D eigenvalue weighted by atomic mass is 19.4. The Kier molecular flexibility index (Phi) is 4.67. The van der Waals surface area contributed by atoms with E-state index in [1.165, 1.54) is 23.1 Å². The van der Waals surface area contributed by atoms with Crippen LogP contribution in [0.15, 0.2) is 48.5 Å². The number of anilines is 2. The van der Waals surface area contributed by atoms with E-state index in [1.54, 1.807) is 6.07 Å². The minimum atomic E-state index is -4.46. The molecule has 2 aromatic carbocycles. The Balaban J connectivity index is 1.68. The third-order valence-corrected chi connectivity index (χ3v) is 4.12. The van der Waals surface area contributed by atoms with Gasteiger partial charge in [0.1, 0.15) is 5.82 Å². The van der Waals surface area contributed by atoms with Crippen LogP contribution < -0.4 is 10.2 Å². The normalized spacial score (nSPS) is 17.5. The van der Waals surface area contributed by atoms with Crippen molar-refractivity contribution in [2.45, 2.75) is 12.6 Å². The number of amides is 2. The summed E-state index contributed by atoms with van der Waals surface area (Å²) in [5.74, 6) is -2.17. The first-order valence-electron chi connectivity index (χ1n) is 7.79. The Hall–Kier alpha value is -2.90. The molecular formula is C18H14F4N2O2. The number of nitrogens with one attached hydrogen (secondary N) is 1. The largest absolute Gasteiger partial charge is 0.416 e. The van der Waals surface area contributed by atoms with Crippen LogP contribution in [-0.2, 0) is 15.8 Å². The Labute approximate surface area is 146 Å². The standard InChI is InChI=1S/C18H14F4N2O2/c19-14-3-1-2-4-15(14)24-10-11(9-16(24)25)17(26)23-13-7-5-12(6-8-13)18(20,21)22/h1-8,11H,9-10H2,(H,23,26). The number of carbonyl (C=O) groups excluding carboxylic acids is 2. The lowest BCUT2D eigenvalue weighted by molar-refractivity contribution is -0.137. The average molecular weight is 366 g/mol. The predicted octanol–water partition coefficient (Wildman–Crippen LogP) is 3.84. The Morgan fingerprint density at radius 3 is 2.35 bits per heavy atom. The van der Waals surface area contributed by atoms with E-state index in [-0.39, 0.29) is 30.2 Å². The molecule has 1 aliphatic rings. The van der Waals surface area contributed by atoms with Crippen LogP contribution in [0.3, 0.4) is 0 Å². The van der Waals surface area contributed by atoms with Gasteiger partial charge in [0.05, 0.1) is 17.2 Å². The van der Waals surface area contributed by atoms with Crippen LogP contribution in [0.4, 0.5) is 28.9 Å². The van der Waals surface area contributed by atoms with E-state index in [0.717, 1.165) is 24.3 Å². The fraction of sp³-hybridized carbons (Fsp3) is 0.222. The smallest absolute Gasteiger partial charge is 0.326 e. The van der Waals surface area contributed by atoms with Crippen molar-refractivity contribution < 1.29 is 27.2 Å². The van der Waals surface area contributed by atoms with Crippen molar-refractivity contribution in [2.24, 2.45) is 5.92 Å². The quantitative estimate of drug-likeness (QED) is 0.840. The third-order valence-electron chi connectivity index (χ3n) is 4.12. The van der Waals surface area contributed by atoms with E-state index in [4.69, 9.17) is 0 Å². The van der Waals surface area contributed by atoms with E-state index in [1.807, 2.05) is 0 Å². The molecule has 26 heavy (non-hydrogen) atoms. The summed E-state index contributed by atoms with van der Waals surface area (Å²) in [6.45, 7) is 0.00619. The summed E-state index contributed by atoms with van der Waals surface area (Å²) in [4.78, 5) is 25.6. The molecule has 0 spiro atoms.